The van der Waals surface area contributed by atoms with Crippen molar-refractivity contribution in [2.24, 2.45) is 0 Å². The molecule has 5 rings (SSSR count). The maximum absolute atomic E-state index is 13.5. The van der Waals surface area contributed by atoms with E-state index in [2.05, 4.69) is 28.6 Å². The molecule has 3 aromatic rings. The molecule has 184 valence electrons. The van der Waals surface area contributed by atoms with Crippen molar-refractivity contribution >= 4 is 11.8 Å². The second kappa shape index (κ2) is 9.72. The van der Waals surface area contributed by atoms with E-state index in [4.69, 9.17) is 4.42 Å². The Morgan fingerprint density at radius 3 is 2.29 bits per heavy atom. The van der Waals surface area contributed by atoms with Crippen LogP contribution in [0.4, 0.5) is 0 Å². The third kappa shape index (κ3) is 4.40. The Morgan fingerprint density at radius 1 is 0.971 bits per heavy atom. The van der Waals surface area contributed by atoms with Crippen molar-refractivity contribution in [2.75, 3.05) is 26.2 Å². The second-order valence-corrected chi connectivity index (χ2v) is 9.66. The van der Waals surface area contributed by atoms with E-state index in [1.807, 2.05) is 47.9 Å². The van der Waals surface area contributed by atoms with Crippen molar-refractivity contribution in [1.29, 1.82) is 0 Å². The first-order valence-electron chi connectivity index (χ1n) is 12.8. The minimum absolute atomic E-state index is 0.0206. The predicted octanol–water partition coefficient (Wildman–Crippen LogP) is 5.04. The molecule has 2 aliphatic heterocycles. The van der Waals surface area contributed by atoms with Crippen molar-refractivity contribution in [1.82, 2.24) is 19.4 Å². The Labute approximate surface area is 206 Å². The van der Waals surface area contributed by atoms with Crippen molar-refractivity contribution in [3.8, 4) is 11.3 Å². The van der Waals surface area contributed by atoms with Gasteiger partial charge in [0.05, 0.1) is 5.56 Å². The number of aromatic nitrogens is 2. The van der Waals surface area contributed by atoms with Gasteiger partial charge in [-0.15, -0.1) is 0 Å². The third-order valence-electron chi connectivity index (χ3n) is 7.52. The molecule has 7 nitrogen and oxygen atoms in total. The highest BCUT2D eigenvalue weighted by molar-refractivity contribution is 5.97. The number of amides is 2. The van der Waals surface area contributed by atoms with Gasteiger partial charge in [-0.3, -0.25) is 9.59 Å². The lowest BCUT2D eigenvalue weighted by Crippen LogP contribution is -2.38. The van der Waals surface area contributed by atoms with Crippen LogP contribution in [0, 0.1) is 13.8 Å². The van der Waals surface area contributed by atoms with Gasteiger partial charge < -0.3 is 18.8 Å². The molecule has 0 unspecified atom stereocenters. The van der Waals surface area contributed by atoms with E-state index in [1.165, 1.54) is 0 Å². The lowest BCUT2D eigenvalue weighted by Gasteiger charge is -2.30. The maximum Gasteiger partial charge on any atom is 0.276 e. The largest absolute Gasteiger partial charge is 0.445 e. The summed E-state index contributed by atoms with van der Waals surface area (Å²) in [5, 5.41) is 0. The highest BCUT2D eigenvalue weighted by atomic mass is 16.4. The number of hydrogen-bond acceptors (Lipinski definition) is 4. The number of benzene rings is 1. The van der Waals surface area contributed by atoms with Crippen molar-refractivity contribution in [2.45, 2.75) is 58.9 Å². The second-order valence-electron chi connectivity index (χ2n) is 9.66. The minimum Gasteiger partial charge on any atom is -0.445 e. The summed E-state index contributed by atoms with van der Waals surface area (Å²) in [5.74, 6) is 1.42. The Morgan fingerprint density at radius 2 is 1.63 bits per heavy atom. The molecule has 0 N–H and O–H groups in total. The molecule has 1 aromatic carbocycles. The number of piperidine rings is 1. The molecule has 2 amide bonds. The summed E-state index contributed by atoms with van der Waals surface area (Å²) in [6.07, 6.45) is 3.66. The summed E-state index contributed by atoms with van der Waals surface area (Å²) in [6.45, 7) is 9.68. The van der Waals surface area contributed by atoms with Crippen LogP contribution in [-0.4, -0.2) is 57.3 Å². The zero-order chi connectivity index (χ0) is 24.5. The first-order valence-corrected chi connectivity index (χ1v) is 12.8. The molecule has 2 fully saturated rings. The van der Waals surface area contributed by atoms with Crippen LogP contribution in [0.2, 0.25) is 0 Å². The number of oxazole rings is 1. The van der Waals surface area contributed by atoms with Crippen LogP contribution in [0.3, 0.4) is 0 Å². The van der Waals surface area contributed by atoms with E-state index >= 15 is 0 Å². The van der Waals surface area contributed by atoms with Gasteiger partial charge in [-0.05, 0) is 58.1 Å². The standard InChI is InChI=1S/C28H34N4O3/c1-4-32-19(2)23(18-24(32)21-10-6-5-7-11-21)27(33)31-16-12-22(13-17-31)26-29-25(20(3)35-26)28(34)30-14-8-9-15-30/h5-7,10-11,18,22H,4,8-9,12-17H2,1-3H3. The molecule has 7 heteroatoms. The zero-order valence-electron chi connectivity index (χ0n) is 20.9. The Bertz CT molecular complexity index is 1210. The topological polar surface area (TPSA) is 71.6 Å². The summed E-state index contributed by atoms with van der Waals surface area (Å²) < 4.78 is 8.16. The first-order chi connectivity index (χ1) is 17.0. The predicted molar refractivity (Wildman–Crippen MR) is 135 cm³/mol. The summed E-state index contributed by atoms with van der Waals surface area (Å²) in [7, 11) is 0. The monoisotopic (exact) mass is 474 g/mol. The van der Waals surface area contributed by atoms with E-state index in [-0.39, 0.29) is 17.7 Å². The fourth-order valence-electron chi connectivity index (χ4n) is 5.48. The van der Waals surface area contributed by atoms with Gasteiger partial charge in [0, 0.05) is 50.0 Å². The molecule has 0 aliphatic carbocycles. The Balaban J connectivity index is 1.28. The van der Waals surface area contributed by atoms with Gasteiger partial charge in [0.2, 0.25) is 0 Å². The average molecular weight is 475 g/mol. The zero-order valence-corrected chi connectivity index (χ0v) is 20.9. The number of rotatable bonds is 5. The van der Waals surface area contributed by atoms with Crippen LogP contribution in [0.25, 0.3) is 11.3 Å². The molecule has 0 bridgehead atoms. The Hall–Kier alpha value is -3.35. The molecule has 0 atom stereocenters. The molecule has 2 aliphatic rings. The fraction of sp³-hybridized carbons (Fsp3) is 0.464. The molecular weight excluding hydrogens is 440 g/mol. The lowest BCUT2D eigenvalue weighted by molar-refractivity contribution is 0.0705. The van der Waals surface area contributed by atoms with Crippen LogP contribution in [0.15, 0.2) is 40.8 Å². The Kier molecular flexibility index (Phi) is 6.50. The SMILES string of the molecule is CCn1c(-c2ccccc2)cc(C(=O)N2CCC(c3nc(C(=O)N4CCCC4)c(C)o3)CC2)c1C. The van der Waals surface area contributed by atoms with E-state index in [0.29, 0.717) is 30.4 Å². The number of nitrogens with zero attached hydrogens (tertiary/aromatic N) is 4. The number of aryl methyl sites for hydroxylation is 1. The van der Waals surface area contributed by atoms with Crippen LogP contribution >= 0.6 is 0 Å². The molecule has 2 saturated heterocycles. The summed E-state index contributed by atoms with van der Waals surface area (Å²) >= 11 is 0. The molecule has 0 radical (unpaired) electrons. The molecule has 0 spiro atoms. The van der Waals surface area contributed by atoms with Crippen LogP contribution in [0.5, 0.6) is 0 Å². The maximum atomic E-state index is 13.5. The van der Waals surface area contributed by atoms with Crippen molar-refractivity contribution in [3.05, 3.63) is 65.0 Å². The van der Waals surface area contributed by atoms with Crippen molar-refractivity contribution in [3.63, 3.8) is 0 Å². The quantitative estimate of drug-likeness (QED) is 0.520. The number of likely N-dealkylation sites (tertiary alicyclic amines) is 2. The van der Waals surface area contributed by atoms with Gasteiger partial charge in [0.1, 0.15) is 5.76 Å². The third-order valence-corrected chi connectivity index (χ3v) is 7.52. The molecular formula is C28H34N4O3. The highest BCUT2D eigenvalue weighted by Gasteiger charge is 2.32. The molecule has 0 saturated carbocycles. The van der Waals surface area contributed by atoms with E-state index in [9.17, 15) is 9.59 Å². The van der Waals surface area contributed by atoms with Gasteiger partial charge in [0.15, 0.2) is 11.6 Å². The van der Waals surface area contributed by atoms with Gasteiger partial charge in [-0.25, -0.2) is 4.98 Å². The molecule has 4 heterocycles. The summed E-state index contributed by atoms with van der Waals surface area (Å²) in [5.41, 5.74) is 4.43. The van der Waals surface area contributed by atoms with Crippen LogP contribution in [-0.2, 0) is 6.54 Å². The van der Waals surface area contributed by atoms with E-state index in [0.717, 1.165) is 67.8 Å². The highest BCUT2D eigenvalue weighted by Crippen LogP contribution is 2.32. The lowest BCUT2D eigenvalue weighted by atomic mass is 9.96. The van der Waals surface area contributed by atoms with E-state index in [1.54, 1.807) is 0 Å². The number of hydrogen-bond donors (Lipinski definition) is 0. The first kappa shape index (κ1) is 23.4. The number of carbonyl (C=O) groups excluding carboxylic acids is 2. The van der Waals surface area contributed by atoms with Gasteiger partial charge >= 0.3 is 0 Å². The normalized spacial score (nSPS) is 16.8. The number of carbonyl (C=O) groups is 2. The summed E-state index contributed by atoms with van der Waals surface area (Å²) in [4.78, 5) is 34.7. The van der Waals surface area contributed by atoms with Crippen LogP contribution in [0.1, 0.15) is 76.7 Å². The van der Waals surface area contributed by atoms with Gasteiger partial charge in [0.25, 0.3) is 11.8 Å². The van der Waals surface area contributed by atoms with E-state index < -0.39 is 0 Å². The fourth-order valence-corrected chi connectivity index (χ4v) is 5.48. The smallest absolute Gasteiger partial charge is 0.276 e. The van der Waals surface area contributed by atoms with Gasteiger partial charge in [-0.2, -0.15) is 0 Å². The van der Waals surface area contributed by atoms with Crippen LogP contribution < -0.4 is 0 Å². The minimum atomic E-state index is -0.0206. The van der Waals surface area contributed by atoms with Gasteiger partial charge in [-0.1, -0.05) is 30.3 Å². The average Bonchev–Trinajstić information content (AvgIpc) is 3.63. The molecule has 35 heavy (non-hydrogen) atoms. The molecule has 2 aromatic heterocycles. The van der Waals surface area contributed by atoms with Crippen molar-refractivity contribution < 1.29 is 14.0 Å². The summed E-state index contributed by atoms with van der Waals surface area (Å²) in [6, 6.07) is 12.3.